The molecule has 1 N–H and O–H groups in total. The van der Waals surface area contributed by atoms with Gasteiger partial charge in [0.15, 0.2) is 5.78 Å². The van der Waals surface area contributed by atoms with E-state index in [9.17, 15) is 14.7 Å². The van der Waals surface area contributed by atoms with Gasteiger partial charge in [-0.1, -0.05) is 37.6 Å². The molecule has 0 bridgehead atoms. The number of aryl methyl sites for hydroxylation is 1. The average Bonchev–Trinajstić information content (AvgIpc) is 2.28. The molecule has 0 saturated carbocycles. The summed E-state index contributed by atoms with van der Waals surface area (Å²) < 4.78 is 0. The van der Waals surface area contributed by atoms with Gasteiger partial charge in [-0.2, -0.15) is 0 Å². The fraction of sp³-hybridized carbons (Fsp3) is 0.429. The van der Waals surface area contributed by atoms with E-state index in [1.807, 2.05) is 12.1 Å². The topological polar surface area (TPSA) is 54.4 Å². The molecular formula is C14H18O3. The molecule has 0 aliphatic heterocycles. The van der Waals surface area contributed by atoms with Crippen LogP contribution in [0, 0.1) is 0 Å². The first-order valence-corrected chi connectivity index (χ1v) is 5.85. The Balaban J connectivity index is 2.72. The maximum Gasteiger partial charge on any atom is 0.191 e. The Morgan fingerprint density at radius 1 is 1.24 bits per heavy atom. The van der Waals surface area contributed by atoms with E-state index in [1.165, 1.54) is 12.5 Å². The molecule has 17 heavy (non-hydrogen) atoms. The van der Waals surface area contributed by atoms with Crippen LogP contribution in [0.1, 0.15) is 42.6 Å². The molecule has 0 spiro atoms. The van der Waals surface area contributed by atoms with Crippen molar-refractivity contribution >= 4 is 11.6 Å². The maximum absolute atomic E-state index is 11.7. The number of hydrogen-bond donors (Lipinski definition) is 1. The van der Waals surface area contributed by atoms with Crippen LogP contribution >= 0.6 is 0 Å². The molecule has 1 rings (SSSR count). The predicted octanol–water partition coefficient (Wildman–Crippen LogP) is 2.16. The van der Waals surface area contributed by atoms with Crippen molar-refractivity contribution in [1.82, 2.24) is 0 Å². The minimum Gasteiger partial charge on any atom is -0.384 e. The molecule has 0 heterocycles. The number of aliphatic hydroxyl groups excluding tert-OH is 1. The lowest BCUT2D eigenvalue weighted by molar-refractivity contribution is -0.118. The van der Waals surface area contributed by atoms with Gasteiger partial charge in [0.25, 0.3) is 0 Å². The van der Waals surface area contributed by atoms with Crippen LogP contribution in [-0.2, 0) is 11.2 Å². The minimum absolute atomic E-state index is 0.116. The summed E-state index contributed by atoms with van der Waals surface area (Å²) in [6.45, 7) is 3.45. The maximum atomic E-state index is 11.7. The van der Waals surface area contributed by atoms with Crippen molar-refractivity contribution < 1.29 is 14.7 Å². The van der Waals surface area contributed by atoms with Crippen molar-refractivity contribution in [3.05, 3.63) is 35.4 Å². The summed E-state index contributed by atoms with van der Waals surface area (Å²) in [5.41, 5.74) is 1.63. The SMILES string of the molecule is CCCc1ccc(C(=O)C(O)CC(C)=O)cc1. The smallest absolute Gasteiger partial charge is 0.191 e. The molecule has 1 unspecified atom stereocenters. The Morgan fingerprint density at radius 3 is 2.29 bits per heavy atom. The zero-order valence-corrected chi connectivity index (χ0v) is 10.3. The largest absolute Gasteiger partial charge is 0.384 e. The standard InChI is InChI=1S/C14H18O3/c1-3-4-11-5-7-12(8-6-11)14(17)13(16)9-10(2)15/h5-8,13,16H,3-4,9H2,1-2H3. The van der Waals surface area contributed by atoms with E-state index in [1.54, 1.807) is 12.1 Å². The lowest BCUT2D eigenvalue weighted by Crippen LogP contribution is -2.22. The second-order valence-electron chi connectivity index (χ2n) is 4.23. The third kappa shape index (κ3) is 4.11. The van der Waals surface area contributed by atoms with Gasteiger partial charge in [0.05, 0.1) is 0 Å². The predicted molar refractivity (Wildman–Crippen MR) is 66.1 cm³/mol. The first-order chi connectivity index (χ1) is 8.04. The van der Waals surface area contributed by atoms with E-state index in [0.717, 1.165) is 12.8 Å². The first-order valence-electron chi connectivity index (χ1n) is 5.85. The van der Waals surface area contributed by atoms with Crippen LogP contribution in [0.4, 0.5) is 0 Å². The molecule has 0 aromatic heterocycles. The van der Waals surface area contributed by atoms with Crippen molar-refractivity contribution in [2.75, 3.05) is 0 Å². The third-order valence-corrected chi connectivity index (χ3v) is 2.56. The molecule has 0 amide bonds. The fourth-order valence-corrected chi connectivity index (χ4v) is 1.68. The molecule has 3 heteroatoms. The zero-order chi connectivity index (χ0) is 12.8. The molecule has 1 aromatic rings. The van der Waals surface area contributed by atoms with E-state index in [0.29, 0.717) is 5.56 Å². The molecule has 1 aromatic carbocycles. The molecule has 92 valence electrons. The Kier molecular flexibility index (Phi) is 5.04. The highest BCUT2D eigenvalue weighted by molar-refractivity contribution is 6.01. The highest BCUT2D eigenvalue weighted by Crippen LogP contribution is 2.10. The van der Waals surface area contributed by atoms with Gasteiger partial charge in [0, 0.05) is 12.0 Å². The average molecular weight is 234 g/mol. The summed E-state index contributed by atoms with van der Waals surface area (Å²) in [5, 5.41) is 9.54. The van der Waals surface area contributed by atoms with Gasteiger partial charge in [0.2, 0.25) is 0 Å². The van der Waals surface area contributed by atoms with E-state index in [2.05, 4.69) is 6.92 Å². The summed E-state index contributed by atoms with van der Waals surface area (Å²) in [5.74, 6) is -0.572. The second kappa shape index (κ2) is 6.30. The Morgan fingerprint density at radius 2 is 1.82 bits per heavy atom. The van der Waals surface area contributed by atoms with Crippen LogP contribution in [0.2, 0.25) is 0 Å². The van der Waals surface area contributed by atoms with Gasteiger partial charge < -0.3 is 5.11 Å². The van der Waals surface area contributed by atoms with Crippen molar-refractivity contribution in [2.45, 2.75) is 39.2 Å². The Bertz CT molecular complexity index is 392. The molecule has 0 saturated heterocycles. The number of aliphatic hydroxyl groups is 1. The molecular weight excluding hydrogens is 216 g/mol. The van der Waals surface area contributed by atoms with Crippen molar-refractivity contribution in [3.8, 4) is 0 Å². The van der Waals surface area contributed by atoms with Crippen LogP contribution in [0.15, 0.2) is 24.3 Å². The van der Waals surface area contributed by atoms with Crippen molar-refractivity contribution in [3.63, 3.8) is 0 Å². The fourth-order valence-electron chi connectivity index (χ4n) is 1.68. The van der Waals surface area contributed by atoms with Crippen LogP contribution in [-0.4, -0.2) is 22.8 Å². The molecule has 0 fully saturated rings. The minimum atomic E-state index is -1.22. The van der Waals surface area contributed by atoms with Gasteiger partial charge in [-0.15, -0.1) is 0 Å². The Labute approximate surface area is 101 Å². The number of hydrogen-bond acceptors (Lipinski definition) is 3. The summed E-state index contributed by atoms with van der Waals surface area (Å²) in [7, 11) is 0. The number of benzene rings is 1. The second-order valence-corrected chi connectivity index (χ2v) is 4.23. The van der Waals surface area contributed by atoms with Gasteiger partial charge in [-0.05, 0) is 18.9 Å². The van der Waals surface area contributed by atoms with E-state index < -0.39 is 6.10 Å². The normalized spacial score (nSPS) is 12.2. The molecule has 1 atom stereocenters. The van der Waals surface area contributed by atoms with Crippen LogP contribution in [0.5, 0.6) is 0 Å². The van der Waals surface area contributed by atoms with Crippen molar-refractivity contribution in [2.24, 2.45) is 0 Å². The van der Waals surface area contributed by atoms with Gasteiger partial charge >= 0.3 is 0 Å². The zero-order valence-electron chi connectivity index (χ0n) is 10.3. The summed E-state index contributed by atoms with van der Waals surface area (Å²) in [4.78, 5) is 22.6. The number of carbonyl (C=O) groups is 2. The summed E-state index contributed by atoms with van der Waals surface area (Å²) in [6, 6.07) is 7.18. The highest BCUT2D eigenvalue weighted by atomic mass is 16.3. The quantitative estimate of drug-likeness (QED) is 0.767. The summed E-state index contributed by atoms with van der Waals surface area (Å²) in [6.07, 6.45) is 0.699. The number of rotatable bonds is 6. The van der Waals surface area contributed by atoms with E-state index >= 15 is 0 Å². The lowest BCUT2D eigenvalue weighted by Gasteiger charge is -2.08. The number of carbonyl (C=O) groups excluding carboxylic acids is 2. The molecule has 0 radical (unpaired) electrons. The summed E-state index contributed by atoms with van der Waals surface area (Å²) >= 11 is 0. The molecule has 0 aliphatic carbocycles. The number of ketones is 2. The number of Topliss-reactive ketones (excluding diaryl/α,β-unsaturated/α-hetero) is 2. The van der Waals surface area contributed by atoms with Gasteiger partial charge in [-0.3, -0.25) is 9.59 Å². The van der Waals surface area contributed by atoms with E-state index in [-0.39, 0.29) is 18.0 Å². The molecule has 3 nitrogen and oxygen atoms in total. The Hall–Kier alpha value is -1.48. The molecule has 0 aliphatic rings. The first kappa shape index (κ1) is 13.6. The van der Waals surface area contributed by atoms with Crippen LogP contribution in [0.3, 0.4) is 0 Å². The highest BCUT2D eigenvalue weighted by Gasteiger charge is 2.18. The van der Waals surface area contributed by atoms with Crippen LogP contribution in [0.25, 0.3) is 0 Å². The van der Waals surface area contributed by atoms with Gasteiger partial charge in [0.1, 0.15) is 11.9 Å². The van der Waals surface area contributed by atoms with Gasteiger partial charge in [-0.25, -0.2) is 0 Å². The van der Waals surface area contributed by atoms with Crippen LogP contribution < -0.4 is 0 Å². The van der Waals surface area contributed by atoms with Crippen molar-refractivity contribution in [1.29, 1.82) is 0 Å². The third-order valence-electron chi connectivity index (χ3n) is 2.56. The van der Waals surface area contributed by atoms with E-state index in [4.69, 9.17) is 0 Å². The monoisotopic (exact) mass is 234 g/mol. The lowest BCUT2D eigenvalue weighted by atomic mass is 10.0.